The second kappa shape index (κ2) is 13.7. The maximum atomic E-state index is 13.0. The van der Waals surface area contributed by atoms with Crippen LogP contribution in [0.15, 0.2) is 47.1 Å². The molecule has 0 aliphatic heterocycles. The zero-order valence-electron chi connectivity index (χ0n) is 28.8. The van der Waals surface area contributed by atoms with E-state index in [1.807, 2.05) is 6.08 Å². The largest absolute Gasteiger partial charge is 0.497 e. The summed E-state index contributed by atoms with van der Waals surface area (Å²) in [4.78, 5) is 24.9. The standard InChI is InChI=1S/C37H53NO8S/c1-22(8-7-9-23(2)34(39)38-33(35(40)41)25-10-12-26(45-6)13-11-25)28-16-17-30-27-14-15-29-24(3)32(46-47(42,43)44)19-21-37(29,5)31(27)18-20-36(28,30)4/h9-13,22,24,28-29,31-33H,7-8,14-21H2,1-6H3,(H,38,39)(H,40,41)(H,42,43,44). The van der Waals surface area contributed by atoms with Gasteiger partial charge in [0.25, 0.3) is 0 Å². The molecule has 0 heterocycles. The van der Waals surface area contributed by atoms with E-state index in [2.05, 4.69) is 33.0 Å². The third kappa shape index (κ3) is 7.06. The van der Waals surface area contributed by atoms with Gasteiger partial charge >= 0.3 is 16.4 Å². The van der Waals surface area contributed by atoms with Gasteiger partial charge in [0.15, 0.2) is 6.04 Å². The number of carboxylic acid groups (broad SMARTS) is 1. The first-order chi connectivity index (χ1) is 22.1. The normalized spacial score (nSPS) is 33.7. The lowest BCUT2D eigenvalue weighted by molar-refractivity contribution is -0.141. The van der Waals surface area contributed by atoms with E-state index in [4.69, 9.17) is 8.92 Å². The van der Waals surface area contributed by atoms with Crippen LogP contribution in [-0.2, 0) is 24.2 Å². The van der Waals surface area contributed by atoms with E-state index in [0.29, 0.717) is 47.0 Å². The maximum Gasteiger partial charge on any atom is 0.397 e. The maximum absolute atomic E-state index is 13.0. The molecule has 9 nitrogen and oxygen atoms in total. The summed E-state index contributed by atoms with van der Waals surface area (Å²) < 4.78 is 42.6. The van der Waals surface area contributed by atoms with Gasteiger partial charge in [0, 0.05) is 5.57 Å². The van der Waals surface area contributed by atoms with Crippen molar-refractivity contribution in [3.63, 3.8) is 0 Å². The fourth-order valence-electron chi connectivity index (χ4n) is 10.4. The monoisotopic (exact) mass is 671 g/mol. The molecule has 10 heteroatoms. The number of carbonyl (C=O) groups excluding carboxylic acids is 1. The Balaban J connectivity index is 1.21. The van der Waals surface area contributed by atoms with Crippen molar-refractivity contribution >= 4 is 22.3 Å². The first-order valence-electron chi connectivity index (χ1n) is 17.3. The van der Waals surface area contributed by atoms with Gasteiger partial charge in [-0.1, -0.05) is 57.0 Å². The molecule has 4 aliphatic rings. The molecule has 3 fully saturated rings. The number of nitrogens with one attached hydrogen (secondary N) is 1. The van der Waals surface area contributed by atoms with Crippen LogP contribution in [0.2, 0.25) is 0 Å². The average Bonchev–Trinajstić information content (AvgIpc) is 3.38. The summed E-state index contributed by atoms with van der Waals surface area (Å²) in [6.45, 7) is 11.1. The molecule has 1 aromatic carbocycles. The van der Waals surface area contributed by atoms with E-state index in [-0.39, 0.29) is 22.7 Å². The second-order valence-corrected chi connectivity index (χ2v) is 16.3. The number of amides is 1. The lowest BCUT2D eigenvalue weighted by Gasteiger charge is -2.58. The van der Waals surface area contributed by atoms with Crippen LogP contribution < -0.4 is 10.1 Å². The Morgan fingerprint density at radius 1 is 1.09 bits per heavy atom. The predicted octanol–water partition coefficient (Wildman–Crippen LogP) is 7.46. The molecule has 0 radical (unpaired) electrons. The van der Waals surface area contributed by atoms with E-state index in [9.17, 15) is 27.7 Å². The molecule has 1 amide bonds. The topological polar surface area (TPSA) is 139 Å². The van der Waals surface area contributed by atoms with Crippen molar-refractivity contribution in [3.05, 3.63) is 52.6 Å². The zero-order valence-corrected chi connectivity index (χ0v) is 29.6. The van der Waals surface area contributed by atoms with Crippen LogP contribution in [0.25, 0.3) is 0 Å². The SMILES string of the molecule is COc1ccc(C(NC(=O)C(C)=CCCC(C)C2CCC3=C4CCC5C(C)C(OS(=O)(=O)O)CCC5(C)C4CCC32C)C(=O)O)cc1. The number of benzene rings is 1. The number of aliphatic carboxylic acids is 1. The molecule has 3 N–H and O–H groups in total. The summed E-state index contributed by atoms with van der Waals surface area (Å²) in [6, 6.07) is 5.52. The minimum absolute atomic E-state index is 0.0722. The molecule has 3 saturated carbocycles. The fourth-order valence-corrected chi connectivity index (χ4v) is 10.9. The first kappa shape index (κ1) is 35.6. The number of rotatable bonds is 11. The number of hydrogen-bond acceptors (Lipinski definition) is 6. The first-order valence-corrected chi connectivity index (χ1v) is 18.7. The third-order valence-electron chi connectivity index (χ3n) is 12.9. The van der Waals surface area contributed by atoms with Crippen LogP contribution in [0.3, 0.4) is 0 Å². The molecule has 260 valence electrons. The number of carbonyl (C=O) groups is 2. The van der Waals surface area contributed by atoms with Crippen LogP contribution >= 0.6 is 0 Å². The van der Waals surface area contributed by atoms with Crippen molar-refractivity contribution in [2.45, 2.75) is 111 Å². The van der Waals surface area contributed by atoms with Crippen LogP contribution in [0.4, 0.5) is 0 Å². The lowest BCUT2D eigenvalue weighted by atomic mass is 9.47. The number of hydrogen-bond donors (Lipinski definition) is 3. The summed E-state index contributed by atoms with van der Waals surface area (Å²) in [5, 5.41) is 12.4. The Morgan fingerprint density at radius 2 is 1.79 bits per heavy atom. The highest BCUT2D eigenvalue weighted by Crippen LogP contribution is 2.66. The van der Waals surface area contributed by atoms with Crippen molar-refractivity contribution in [2.75, 3.05) is 7.11 Å². The number of allylic oxidation sites excluding steroid dienone is 3. The van der Waals surface area contributed by atoms with E-state index in [0.717, 1.165) is 51.4 Å². The van der Waals surface area contributed by atoms with E-state index >= 15 is 0 Å². The smallest absolute Gasteiger partial charge is 0.397 e. The summed E-state index contributed by atoms with van der Waals surface area (Å²) >= 11 is 0. The van der Waals surface area contributed by atoms with Gasteiger partial charge in [-0.05, 0) is 129 Å². The van der Waals surface area contributed by atoms with Gasteiger partial charge in [0.2, 0.25) is 5.91 Å². The third-order valence-corrected chi connectivity index (χ3v) is 13.4. The Bertz CT molecular complexity index is 1520. The molecule has 0 saturated heterocycles. The summed E-state index contributed by atoms with van der Waals surface area (Å²) in [5.41, 5.74) is 4.64. The quantitative estimate of drug-likeness (QED) is 0.125. The predicted molar refractivity (Wildman–Crippen MR) is 180 cm³/mol. The van der Waals surface area contributed by atoms with E-state index in [1.165, 1.54) is 6.42 Å². The molecule has 0 aromatic heterocycles. The van der Waals surface area contributed by atoms with Gasteiger partial charge in [-0.3, -0.25) is 9.35 Å². The lowest BCUT2D eigenvalue weighted by Crippen LogP contribution is -2.52. The van der Waals surface area contributed by atoms with Gasteiger partial charge in [0.05, 0.1) is 13.2 Å². The average molecular weight is 672 g/mol. The van der Waals surface area contributed by atoms with Gasteiger partial charge in [-0.2, -0.15) is 8.42 Å². The number of methoxy groups -OCH3 is 1. The van der Waals surface area contributed by atoms with E-state index < -0.39 is 28.5 Å². The molecule has 0 spiro atoms. The summed E-state index contributed by atoms with van der Waals surface area (Å²) in [5.74, 6) is 1.13. The highest BCUT2D eigenvalue weighted by atomic mass is 32.3. The Hall–Kier alpha value is -2.69. The minimum Gasteiger partial charge on any atom is -0.497 e. The van der Waals surface area contributed by atoms with E-state index in [1.54, 1.807) is 49.4 Å². The van der Waals surface area contributed by atoms with Gasteiger partial charge in [0.1, 0.15) is 5.75 Å². The number of carboxylic acids is 1. The Morgan fingerprint density at radius 3 is 2.43 bits per heavy atom. The van der Waals surface area contributed by atoms with Crippen molar-refractivity contribution in [2.24, 2.45) is 40.4 Å². The van der Waals surface area contributed by atoms with Gasteiger partial charge in [-0.25, -0.2) is 8.98 Å². The van der Waals surface area contributed by atoms with Crippen molar-refractivity contribution in [1.82, 2.24) is 5.32 Å². The minimum atomic E-state index is -4.47. The van der Waals surface area contributed by atoms with Crippen molar-refractivity contribution < 1.29 is 36.6 Å². The molecule has 0 bridgehead atoms. The van der Waals surface area contributed by atoms with Crippen molar-refractivity contribution in [1.29, 1.82) is 0 Å². The molecule has 1 aromatic rings. The number of fused-ring (bicyclic) bond motifs is 4. The number of ether oxygens (including phenoxy) is 1. The zero-order chi connectivity index (χ0) is 34.3. The Kier molecular flexibility index (Phi) is 10.4. The van der Waals surface area contributed by atoms with Gasteiger partial charge < -0.3 is 15.2 Å². The van der Waals surface area contributed by atoms with Crippen molar-refractivity contribution in [3.8, 4) is 5.75 Å². The molecular weight excluding hydrogens is 618 g/mol. The van der Waals surface area contributed by atoms with Crippen LogP contribution in [0.5, 0.6) is 5.75 Å². The summed E-state index contributed by atoms with van der Waals surface area (Å²) in [7, 11) is -2.92. The second-order valence-electron chi connectivity index (χ2n) is 15.2. The van der Waals surface area contributed by atoms with Crippen LogP contribution in [0, 0.1) is 40.4 Å². The molecular formula is C37H53NO8S. The molecule has 4 aliphatic carbocycles. The highest BCUT2D eigenvalue weighted by molar-refractivity contribution is 7.80. The summed E-state index contributed by atoms with van der Waals surface area (Å²) in [6.07, 6.45) is 11.5. The Labute approximate surface area is 280 Å². The molecule has 9 atom stereocenters. The molecule has 47 heavy (non-hydrogen) atoms. The fraction of sp³-hybridized carbons (Fsp3) is 0.676. The molecule has 5 rings (SSSR count). The van der Waals surface area contributed by atoms with Gasteiger partial charge in [-0.15, -0.1) is 0 Å². The van der Waals surface area contributed by atoms with Crippen LogP contribution in [0.1, 0.15) is 110 Å². The van der Waals surface area contributed by atoms with Crippen LogP contribution in [-0.4, -0.2) is 43.2 Å². The molecule has 9 unspecified atom stereocenters. The highest BCUT2D eigenvalue weighted by Gasteiger charge is 2.57.